The van der Waals surface area contributed by atoms with Gasteiger partial charge in [0.2, 0.25) is 0 Å². The van der Waals surface area contributed by atoms with Gasteiger partial charge in [-0.25, -0.2) is 0 Å². The second kappa shape index (κ2) is 9.71. The van der Waals surface area contributed by atoms with Crippen LogP contribution in [0.25, 0.3) is 6.08 Å². The molecule has 0 bridgehead atoms. The average molecular weight is 451 g/mol. The van der Waals surface area contributed by atoms with E-state index in [-0.39, 0.29) is 11.6 Å². The van der Waals surface area contributed by atoms with E-state index in [0.717, 1.165) is 10.0 Å². The summed E-state index contributed by atoms with van der Waals surface area (Å²) in [5, 5.41) is 5.51. The monoisotopic (exact) mass is 450 g/mol. The second-order valence-electron chi connectivity index (χ2n) is 6.11. The van der Waals surface area contributed by atoms with Crippen LogP contribution in [-0.4, -0.2) is 18.9 Å². The maximum absolute atomic E-state index is 12.9. The Morgan fingerprint density at radius 2 is 1.55 bits per heavy atom. The van der Waals surface area contributed by atoms with Crippen molar-refractivity contribution >= 4 is 39.5 Å². The lowest BCUT2D eigenvalue weighted by molar-refractivity contribution is -0.113. The first-order valence-electron chi connectivity index (χ1n) is 8.84. The van der Waals surface area contributed by atoms with Crippen LogP contribution in [0.5, 0.6) is 5.75 Å². The molecule has 6 heteroatoms. The molecule has 3 aromatic rings. The van der Waals surface area contributed by atoms with Crippen molar-refractivity contribution in [2.75, 3.05) is 12.4 Å². The van der Waals surface area contributed by atoms with Gasteiger partial charge in [0.15, 0.2) is 0 Å². The van der Waals surface area contributed by atoms with Gasteiger partial charge in [0.05, 0.1) is 7.11 Å². The smallest absolute Gasteiger partial charge is 0.272 e. The number of hydrogen-bond donors (Lipinski definition) is 2. The zero-order chi connectivity index (χ0) is 20.6. The standard InChI is InChI=1S/C23H19BrN2O3/c1-29-20-13-11-19(12-14-20)25-23(28)21(15-16-5-3-2-4-6-16)26-22(27)17-7-9-18(24)10-8-17/h2-15H,1H3,(H,25,28)(H,26,27)/b21-15-. The summed E-state index contributed by atoms with van der Waals surface area (Å²) in [7, 11) is 1.58. The summed E-state index contributed by atoms with van der Waals surface area (Å²) >= 11 is 3.34. The fourth-order valence-corrected chi connectivity index (χ4v) is 2.81. The van der Waals surface area contributed by atoms with E-state index in [1.165, 1.54) is 0 Å². The molecule has 2 amide bonds. The summed E-state index contributed by atoms with van der Waals surface area (Å²) in [6, 6.07) is 23.2. The molecule has 0 aromatic heterocycles. The van der Waals surface area contributed by atoms with Crippen LogP contribution in [0.4, 0.5) is 5.69 Å². The zero-order valence-corrected chi connectivity index (χ0v) is 17.3. The van der Waals surface area contributed by atoms with Crippen molar-refractivity contribution in [1.29, 1.82) is 0 Å². The minimum Gasteiger partial charge on any atom is -0.497 e. The van der Waals surface area contributed by atoms with Crippen molar-refractivity contribution in [3.63, 3.8) is 0 Å². The predicted octanol–water partition coefficient (Wildman–Crippen LogP) is 4.87. The topological polar surface area (TPSA) is 67.4 Å². The Labute approximate surface area is 177 Å². The predicted molar refractivity (Wildman–Crippen MR) is 118 cm³/mol. The number of halogens is 1. The van der Waals surface area contributed by atoms with Gasteiger partial charge < -0.3 is 15.4 Å². The van der Waals surface area contributed by atoms with Gasteiger partial charge in [-0.1, -0.05) is 46.3 Å². The summed E-state index contributed by atoms with van der Waals surface area (Å²) in [6.45, 7) is 0. The summed E-state index contributed by atoms with van der Waals surface area (Å²) in [4.78, 5) is 25.5. The van der Waals surface area contributed by atoms with Crippen molar-refractivity contribution < 1.29 is 14.3 Å². The number of carbonyl (C=O) groups excluding carboxylic acids is 2. The van der Waals surface area contributed by atoms with Crippen LogP contribution in [0.15, 0.2) is 89.0 Å². The van der Waals surface area contributed by atoms with Crippen LogP contribution in [0.2, 0.25) is 0 Å². The third kappa shape index (κ3) is 5.80. The van der Waals surface area contributed by atoms with Crippen molar-refractivity contribution in [3.8, 4) is 5.75 Å². The summed E-state index contributed by atoms with van der Waals surface area (Å²) < 4.78 is 5.99. The fraction of sp³-hybridized carbons (Fsp3) is 0.0435. The number of nitrogens with one attached hydrogen (secondary N) is 2. The minimum atomic E-state index is -0.426. The maximum Gasteiger partial charge on any atom is 0.272 e. The van der Waals surface area contributed by atoms with E-state index in [1.807, 2.05) is 30.3 Å². The lowest BCUT2D eigenvalue weighted by atomic mass is 10.1. The average Bonchev–Trinajstić information content (AvgIpc) is 2.75. The van der Waals surface area contributed by atoms with Crippen molar-refractivity contribution in [1.82, 2.24) is 5.32 Å². The SMILES string of the molecule is COc1ccc(NC(=O)/C(=C/c2ccccc2)NC(=O)c2ccc(Br)cc2)cc1. The van der Waals surface area contributed by atoms with Crippen LogP contribution in [0.1, 0.15) is 15.9 Å². The third-order valence-electron chi connectivity index (χ3n) is 4.06. The van der Waals surface area contributed by atoms with Gasteiger partial charge in [0, 0.05) is 15.7 Å². The molecule has 0 saturated carbocycles. The number of ether oxygens (including phenoxy) is 1. The number of methoxy groups -OCH3 is 1. The van der Waals surface area contributed by atoms with Gasteiger partial charge in [0.25, 0.3) is 11.8 Å². The van der Waals surface area contributed by atoms with Gasteiger partial charge in [-0.05, 0) is 60.2 Å². The third-order valence-corrected chi connectivity index (χ3v) is 4.59. The van der Waals surface area contributed by atoms with E-state index in [1.54, 1.807) is 61.7 Å². The van der Waals surface area contributed by atoms with Gasteiger partial charge in [-0.2, -0.15) is 0 Å². The minimum absolute atomic E-state index is 0.139. The Hall–Kier alpha value is -3.38. The van der Waals surface area contributed by atoms with E-state index in [4.69, 9.17) is 4.74 Å². The number of hydrogen-bond acceptors (Lipinski definition) is 3. The maximum atomic E-state index is 12.9. The molecule has 0 aliphatic heterocycles. The molecule has 0 fully saturated rings. The van der Waals surface area contributed by atoms with Crippen LogP contribution in [0.3, 0.4) is 0 Å². The van der Waals surface area contributed by atoms with E-state index < -0.39 is 5.91 Å². The molecule has 5 nitrogen and oxygen atoms in total. The number of rotatable bonds is 6. The molecule has 0 atom stereocenters. The summed E-state index contributed by atoms with van der Waals surface area (Å²) in [5.41, 5.74) is 1.97. The Kier molecular flexibility index (Phi) is 6.81. The Balaban J connectivity index is 1.83. The lowest BCUT2D eigenvalue weighted by Gasteiger charge is -2.12. The molecule has 3 rings (SSSR count). The fourth-order valence-electron chi connectivity index (χ4n) is 2.54. The molecule has 0 spiro atoms. The number of benzene rings is 3. The van der Waals surface area contributed by atoms with E-state index in [2.05, 4.69) is 26.6 Å². The van der Waals surface area contributed by atoms with E-state index in [0.29, 0.717) is 17.0 Å². The van der Waals surface area contributed by atoms with E-state index >= 15 is 0 Å². The van der Waals surface area contributed by atoms with Crippen LogP contribution in [0, 0.1) is 0 Å². The highest BCUT2D eigenvalue weighted by molar-refractivity contribution is 9.10. The number of amides is 2. The molecule has 0 aliphatic rings. The molecular weight excluding hydrogens is 432 g/mol. The first-order chi connectivity index (χ1) is 14.0. The highest BCUT2D eigenvalue weighted by Crippen LogP contribution is 2.16. The molecule has 0 heterocycles. The van der Waals surface area contributed by atoms with E-state index in [9.17, 15) is 9.59 Å². The summed E-state index contributed by atoms with van der Waals surface area (Å²) in [6.07, 6.45) is 1.63. The molecule has 3 aromatic carbocycles. The van der Waals surface area contributed by atoms with Crippen LogP contribution >= 0.6 is 15.9 Å². The Bertz CT molecular complexity index is 1010. The largest absolute Gasteiger partial charge is 0.497 e. The molecule has 0 aliphatic carbocycles. The first kappa shape index (κ1) is 20.4. The van der Waals surface area contributed by atoms with Gasteiger partial charge in [-0.15, -0.1) is 0 Å². The van der Waals surface area contributed by atoms with Gasteiger partial charge in [0.1, 0.15) is 11.4 Å². The van der Waals surface area contributed by atoms with Crippen molar-refractivity contribution in [2.24, 2.45) is 0 Å². The molecule has 0 saturated heterocycles. The lowest BCUT2D eigenvalue weighted by Crippen LogP contribution is -2.30. The molecule has 0 unspecified atom stereocenters. The normalized spacial score (nSPS) is 10.9. The molecular formula is C23H19BrN2O3. The molecule has 0 radical (unpaired) electrons. The highest BCUT2D eigenvalue weighted by atomic mass is 79.9. The number of carbonyl (C=O) groups is 2. The zero-order valence-electron chi connectivity index (χ0n) is 15.7. The van der Waals surface area contributed by atoms with Crippen molar-refractivity contribution in [2.45, 2.75) is 0 Å². The van der Waals surface area contributed by atoms with Crippen LogP contribution in [-0.2, 0) is 4.79 Å². The number of anilines is 1. The van der Waals surface area contributed by atoms with Crippen molar-refractivity contribution in [3.05, 3.63) is 100 Å². The van der Waals surface area contributed by atoms with Gasteiger partial charge in [-0.3, -0.25) is 9.59 Å². The van der Waals surface area contributed by atoms with Crippen LogP contribution < -0.4 is 15.4 Å². The Morgan fingerprint density at radius 3 is 2.17 bits per heavy atom. The molecule has 2 N–H and O–H groups in total. The molecule has 146 valence electrons. The Morgan fingerprint density at radius 1 is 0.897 bits per heavy atom. The second-order valence-corrected chi connectivity index (χ2v) is 7.03. The highest BCUT2D eigenvalue weighted by Gasteiger charge is 2.15. The quantitative estimate of drug-likeness (QED) is 0.526. The summed E-state index contributed by atoms with van der Waals surface area (Å²) in [5.74, 6) is -0.111. The first-order valence-corrected chi connectivity index (χ1v) is 9.63. The molecule has 29 heavy (non-hydrogen) atoms. The van der Waals surface area contributed by atoms with Gasteiger partial charge >= 0.3 is 0 Å².